The van der Waals surface area contributed by atoms with E-state index in [1.54, 1.807) is 0 Å². The molecule has 78 valence electrons. The highest BCUT2D eigenvalue weighted by Gasteiger charge is 2.05. The summed E-state index contributed by atoms with van der Waals surface area (Å²) < 4.78 is 5.16. The van der Waals surface area contributed by atoms with E-state index in [4.69, 9.17) is 9.63 Å². The van der Waals surface area contributed by atoms with Crippen LogP contribution in [0.15, 0.2) is 40.9 Å². The van der Waals surface area contributed by atoms with Gasteiger partial charge in [-0.1, -0.05) is 35.5 Å². The second-order valence-electron chi connectivity index (χ2n) is 3.37. The number of aromatic nitrogens is 1. The number of nitrogens with zero attached hydrogens (tertiary/aromatic N) is 1. The largest absolute Gasteiger partial charge is 0.396 e. The quantitative estimate of drug-likeness (QED) is 0.829. The molecule has 0 unspecified atom stereocenters. The lowest BCUT2D eigenvalue weighted by Crippen LogP contribution is -1.86. The van der Waals surface area contributed by atoms with Gasteiger partial charge in [0.25, 0.3) is 0 Å². The molecule has 0 bridgehead atoms. The van der Waals surface area contributed by atoms with Crippen molar-refractivity contribution in [3.63, 3.8) is 0 Å². The van der Waals surface area contributed by atoms with Crippen LogP contribution in [0.25, 0.3) is 11.3 Å². The highest BCUT2D eigenvalue weighted by atomic mass is 16.5. The lowest BCUT2D eigenvalue weighted by atomic mass is 10.1. The van der Waals surface area contributed by atoms with Crippen LogP contribution in [0.1, 0.15) is 12.2 Å². The molecule has 0 saturated carbocycles. The molecule has 0 aliphatic heterocycles. The molecule has 0 spiro atoms. The van der Waals surface area contributed by atoms with Crippen LogP contribution >= 0.6 is 0 Å². The molecule has 1 aromatic heterocycles. The molecule has 15 heavy (non-hydrogen) atoms. The number of aryl methyl sites for hydroxylation is 1. The Balaban J connectivity index is 2.14. The summed E-state index contributed by atoms with van der Waals surface area (Å²) in [5, 5.41) is 12.7. The SMILES string of the molecule is OCCCc1cc(-c2ccccc2)no1. The van der Waals surface area contributed by atoms with Crippen molar-refractivity contribution in [1.29, 1.82) is 0 Å². The van der Waals surface area contributed by atoms with Gasteiger partial charge >= 0.3 is 0 Å². The molecule has 1 N–H and O–H groups in total. The lowest BCUT2D eigenvalue weighted by molar-refractivity contribution is 0.280. The molecule has 0 saturated heterocycles. The van der Waals surface area contributed by atoms with Crippen LogP contribution in [-0.2, 0) is 6.42 Å². The van der Waals surface area contributed by atoms with Crippen molar-refractivity contribution in [2.45, 2.75) is 12.8 Å². The van der Waals surface area contributed by atoms with E-state index < -0.39 is 0 Å². The number of benzene rings is 1. The van der Waals surface area contributed by atoms with Gasteiger partial charge in [0.2, 0.25) is 0 Å². The molecule has 0 amide bonds. The minimum atomic E-state index is 0.182. The summed E-state index contributed by atoms with van der Waals surface area (Å²) in [6.45, 7) is 0.182. The van der Waals surface area contributed by atoms with Gasteiger partial charge in [-0.05, 0) is 6.42 Å². The number of rotatable bonds is 4. The number of aliphatic hydroxyl groups excluding tert-OH is 1. The second-order valence-corrected chi connectivity index (χ2v) is 3.37. The van der Waals surface area contributed by atoms with Gasteiger partial charge in [-0.25, -0.2) is 0 Å². The predicted octanol–water partition coefficient (Wildman–Crippen LogP) is 2.27. The standard InChI is InChI=1S/C12H13NO2/c14-8-4-7-11-9-12(13-15-11)10-5-2-1-3-6-10/h1-3,5-6,9,14H,4,7-8H2. The highest BCUT2D eigenvalue weighted by molar-refractivity contribution is 5.58. The van der Waals surface area contributed by atoms with E-state index in [0.29, 0.717) is 6.42 Å². The fraction of sp³-hybridized carbons (Fsp3) is 0.250. The molecular formula is C12H13NO2. The topological polar surface area (TPSA) is 46.3 Å². The van der Waals surface area contributed by atoms with Gasteiger partial charge in [-0.15, -0.1) is 0 Å². The van der Waals surface area contributed by atoms with Crippen LogP contribution in [-0.4, -0.2) is 16.9 Å². The third-order valence-electron chi connectivity index (χ3n) is 2.21. The van der Waals surface area contributed by atoms with Gasteiger partial charge < -0.3 is 9.63 Å². The van der Waals surface area contributed by atoms with Gasteiger partial charge in [0.05, 0.1) is 0 Å². The molecule has 0 radical (unpaired) electrons. The lowest BCUT2D eigenvalue weighted by Gasteiger charge is -1.91. The molecule has 3 nitrogen and oxygen atoms in total. The predicted molar refractivity (Wildman–Crippen MR) is 57.3 cm³/mol. The minimum absolute atomic E-state index is 0.182. The van der Waals surface area contributed by atoms with Gasteiger partial charge in [0.1, 0.15) is 11.5 Å². The average Bonchev–Trinajstić information content (AvgIpc) is 2.76. The first-order chi connectivity index (χ1) is 7.40. The average molecular weight is 203 g/mol. The zero-order valence-corrected chi connectivity index (χ0v) is 8.39. The van der Waals surface area contributed by atoms with Gasteiger partial charge in [0.15, 0.2) is 0 Å². The van der Waals surface area contributed by atoms with E-state index in [1.165, 1.54) is 0 Å². The Kier molecular flexibility index (Phi) is 3.15. The first-order valence-corrected chi connectivity index (χ1v) is 5.02. The van der Waals surface area contributed by atoms with Gasteiger partial charge in [-0.3, -0.25) is 0 Å². The Morgan fingerprint density at radius 2 is 2.00 bits per heavy atom. The van der Waals surface area contributed by atoms with Crippen molar-refractivity contribution in [1.82, 2.24) is 5.16 Å². The number of hydrogen-bond donors (Lipinski definition) is 1. The van der Waals surface area contributed by atoms with E-state index in [-0.39, 0.29) is 6.61 Å². The van der Waals surface area contributed by atoms with E-state index in [9.17, 15) is 0 Å². The molecule has 0 atom stereocenters. The van der Waals surface area contributed by atoms with Crippen LogP contribution in [0.2, 0.25) is 0 Å². The molecular weight excluding hydrogens is 190 g/mol. The van der Waals surface area contributed by atoms with Crippen molar-refractivity contribution < 1.29 is 9.63 Å². The minimum Gasteiger partial charge on any atom is -0.396 e. The van der Waals surface area contributed by atoms with Crippen LogP contribution in [0.4, 0.5) is 0 Å². The molecule has 1 aromatic carbocycles. The van der Waals surface area contributed by atoms with Crippen LogP contribution in [0.3, 0.4) is 0 Å². The highest BCUT2D eigenvalue weighted by Crippen LogP contribution is 2.18. The number of aliphatic hydroxyl groups is 1. The van der Waals surface area contributed by atoms with E-state index in [2.05, 4.69) is 5.16 Å². The van der Waals surface area contributed by atoms with Crippen molar-refractivity contribution in [3.05, 3.63) is 42.2 Å². The van der Waals surface area contributed by atoms with Crippen molar-refractivity contribution in [2.75, 3.05) is 6.61 Å². The molecule has 2 aromatic rings. The van der Waals surface area contributed by atoms with Gasteiger partial charge in [-0.2, -0.15) is 0 Å². The summed E-state index contributed by atoms with van der Waals surface area (Å²) >= 11 is 0. The molecule has 0 fully saturated rings. The summed E-state index contributed by atoms with van der Waals surface area (Å²) in [4.78, 5) is 0. The Morgan fingerprint density at radius 1 is 1.20 bits per heavy atom. The van der Waals surface area contributed by atoms with E-state index in [0.717, 1.165) is 23.4 Å². The maximum Gasteiger partial charge on any atom is 0.137 e. The van der Waals surface area contributed by atoms with Crippen LogP contribution in [0, 0.1) is 0 Å². The van der Waals surface area contributed by atoms with Crippen molar-refractivity contribution in [2.24, 2.45) is 0 Å². The maximum absolute atomic E-state index is 8.69. The Labute approximate surface area is 88.3 Å². The summed E-state index contributed by atoms with van der Waals surface area (Å²) in [5.41, 5.74) is 1.90. The third-order valence-corrected chi connectivity index (χ3v) is 2.21. The second kappa shape index (κ2) is 4.75. The molecule has 2 rings (SSSR count). The zero-order chi connectivity index (χ0) is 10.5. The smallest absolute Gasteiger partial charge is 0.137 e. The first kappa shape index (κ1) is 9.93. The summed E-state index contributed by atoms with van der Waals surface area (Å²) in [6.07, 6.45) is 1.44. The van der Waals surface area contributed by atoms with E-state index in [1.807, 2.05) is 36.4 Å². The zero-order valence-electron chi connectivity index (χ0n) is 8.39. The monoisotopic (exact) mass is 203 g/mol. The Bertz CT molecular complexity index is 409. The molecule has 1 heterocycles. The Hall–Kier alpha value is -1.61. The van der Waals surface area contributed by atoms with Crippen molar-refractivity contribution >= 4 is 0 Å². The summed E-state index contributed by atoms with van der Waals surface area (Å²) in [6, 6.07) is 11.8. The number of hydrogen-bond acceptors (Lipinski definition) is 3. The fourth-order valence-corrected chi connectivity index (χ4v) is 1.43. The molecule has 0 aliphatic carbocycles. The van der Waals surface area contributed by atoms with Crippen LogP contribution < -0.4 is 0 Å². The fourth-order valence-electron chi connectivity index (χ4n) is 1.43. The van der Waals surface area contributed by atoms with E-state index >= 15 is 0 Å². The maximum atomic E-state index is 8.69. The molecule has 3 heteroatoms. The van der Waals surface area contributed by atoms with Crippen LogP contribution in [0.5, 0.6) is 0 Å². The van der Waals surface area contributed by atoms with Crippen molar-refractivity contribution in [3.8, 4) is 11.3 Å². The first-order valence-electron chi connectivity index (χ1n) is 5.02. The normalized spacial score (nSPS) is 10.5. The van der Waals surface area contributed by atoms with Gasteiger partial charge in [0, 0.05) is 24.7 Å². The summed E-state index contributed by atoms with van der Waals surface area (Å²) in [7, 11) is 0. The third kappa shape index (κ3) is 2.44. The Morgan fingerprint density at radius 3 is 2.73 bits per heavy atom. The summed E-state index contributed by atoms with van der Waals surface area (Å²) in [5.74, 6) is 0.822. The molecule has 0 aliphatic rings.